The Labute approximate surface area is 84.3 Å². The molecule has 1 aliphatic carbocycles. The van der Waals surface area contributed by atoms with Crippen LogP contribution in [0.15, 0.2) is 23.4 Å². The van der Waals surface area contributed by atoms with Crippen molar-refractivity contribution < 1.29 is 4.79 Å². The molecule has 0 saturated heterocycles. The first kappa shape index (κ1) is 9.46. The van der Waals surface area contributed by atoms with Crippen LogP contribution >= 0.6 is 0 Å². The highest BCUT2D eigenvalue weighted by Gasteiger charge is 2.23. The van der Waals surface area contributed by atoms with E-state index in [1.54, 1.807) is 0 Å². The molecule has 0 fully saturated rings. The first-order valence-electron chi connectivity index (χ1n) is 5.18. The minimum Gasteiger partial charge on any atom is -0.325 e. The molecule has 2 N–H and O–H groups in total. The second-order valence-corrected chi connectivity index (χ2v) is 3.83. The van der Waals surface area contributed by atoms with Crippen LogP contribution in [0.4, 0.5) is 0 Å². The molecule has 0 aromatic heterocycles. The van der Waals surface area contributed by atoms with Gasteiger partial charge in [0, 0.05) is 5.70 Å². The van der Waals surface area contributed by atoms with Gasteiger partial charge in [0.1, 0.15) is 0 Å². The summed E-state index contributed by atoms with van der Waals surface area (Å²) in [5, 5.41) is 6.01. The molecule has 2 aliphatic rings. The van der Waals surface area contributed by atoms with Gasteiger partial charge in [0.05, 0.1) is 6.04 Å². The molecule has 1 aliphatic heterocycles. The Bertz CT molecular complexity index is 304. The van der Waals surface area contributed by atoms with Gasteiger partial charge in [-0.25, -0.2) is 0 Å². The molecular formula is C11H16N2O. The lowest BCUT2D eigenvalue weighted by molar-refractivity contribution is -0.122. The van der Waals surface area contributed by atoms with Crippen LogP contribution < -0.4 is 10.6 Å². The van der Waals surface area contributed by atoms with Crippen LogP contribution in [0.5, 0.6) is 0 Å². The molecule has 0 saturated carbocycles. The van der Waals surface area contributed by atoms with Crippen molar-refractivity contribution in [1.82, 2.24) is 10.6 Å². The minimum atomic E-state index is -0.0333. The van der Waals surface area contributed by atoms with Gasteiger partial charge in [-0.05, 0) is 44.4 Å². The van der Waals surface area contributed by atoms with Crippen molar-refractivity contribution in [3.8, 4) is 0 Å². The van der Waals surface area contributed by atoms with Gasteiger partial charge in [-0.1, -0.05) is 6.08 Å². The van der Waals surface area contributed by atoms with Gasteiger partial charge in [0.25, 0.3) is 0 Å². The number of likely N-dealkylation sites (N-methyl/N-ethyl adjacent to an activating group) is 1. The van der Waals surface area contributed by atoms with Gasteiger partial charge >= 0.3 is 0 Å². The molecule has 76 valence electrons. The standard InChI is InChI=1S/C11H16N2O/c1-12-10-7-6-8-4-2-3-5-9(8)13-11(10)14/h3,5,10,12H,2,4,6-7H2,1H3,(H,13,14). The molecule has 3 nitrogen and oxygen atoms in total. The number of carbonyl (C=O) groups excluding carboxylic acids is 1. The van der Waals surface area contributed by atoms with Crippen molar-refractivity contribution in [3.05, 3.63) is 23.4 Å². The van der Waals surface area contributed by atoms with Gasteiger partial charge < -0.3 is 10.6 Å². The molecule has 0 aromatic carbocycles. The van der Waals surface area contributed by atoms with E-state index >= 15 is 0 Å². The van der Waals surface area contributed by atoms with E-state index in [9.17, 15) is 4.79 Å². The van der Waals surface area contributed by atoms with Crippen molar-refractivity contribution in [2.24, 2.45) is 0 Å². The summed E-state index contributed by atoms with van der Waals surface area (Å²) in [5.74, 6) is 0.101. The first-order chi connectivity index (χ1) is 6.81. The lowest BCUT2D eigenvalue weighted by atomic mass is 9.98. The third-order valence-corrected chi connectivity index (χ3v) is 2.94. The Morgan fingerprint density at radius 2 is 2.36 bits per heavy atom. The highest BCUT2D eigenvalue weighted by molar-refractivity contribution is 5.84. The molecule has 1 heterocycles. The highest BCUT2D eigenvalue weighted by Crippen LogP contribution is 2.24. The van der Waals surface area contributed by atoms with E-state index in [1.807, 2.05) is 13.1 Å². The molecule has 0 bridgehead atoms. The summed E-state index contributed by atoms with van der Waals surface area (Å²) < 4.78 is 0. The Morgan fingerprint density at radius 1 is 1.50 bits per heavy atom. The van der Waals surface area contributed by atoms with E-state index in [1.165, 1.54) is 5.57 Å². The lowest BCUT2D eigenvalue weighted by Crippen LogP contribution is -2.40. The van der Waals surface area contributed by atoms with Crippen LogP contribution in [-0.4, -0.2) is 19.0 Å². The summed E-state index contributed by atoms with van der Waals surface area (Å²) in [4.78, 5) is 11.7. The zero-order valence-corrected chi connectivity index (χ0v) is 8.47. The van der Waals surface area contributed by atoms with E-state index < -0.39 is 0 Å². The fourth-order valence-electron chi connectivity index (χ4n) is 2.05. The van der Waals surface area contributed by atoms with Crippen molar-refractivity contribution in [2.45, 2.75) is 31.7 Å². The second-order valence-electron chi connectivity index (χ2n) is 3.83. The molecule has 3 heteroatoms. The molecule has 0 radical (unpaired) electrons. The Balaban J connectivity index is 2.17. The quantitative estimate of drug-likeness (QED) is 0.653. The molecule has 2 rings (SSSR count). The van der Waals surface area contributed by atoms with Crippen molar-refractivity contribution >= 4 is 5.91 Å². The maximum Gasteiger partial charge on any atom is 0.241 e. The molecule has 1 unspecified atom stereocenters. The predicted octanol–water partition coefficient (Wildman–Crippen LogP) is 1.09. The zero-order valence-electron chi connectivity index (χ0n) is 8.47. The van der Waals surface area contributed by atoms with E-state index in [0.29, 0.717) is 0 Å². The van der Waals surface area contributed by atoms with Crippen molar-refractivity contribution in [3.63, 3.8) is 0 Å². The number of nitrogens with one attached hydrogen (secondary N) is 2. The summed E-state index contributed by atoms with van der Waals surface area (Å²) >= 11 is 0. The summed E-state index contributed by atoms with van der Waals surface area (Å²) in [6.45, 7) is 0. The van der Waals surface area contributed by atoms with Crippen LogP contribution in [0.2, 0.25) is 0 Å². The molecule has 0 spiro atoms. The van der Waals surface area contributed by atoms with Crippen LogP contribution in [0.3, 0.4) is 0 Å². The van der Waals surface area contributed by atoms with E-state index in [-0.39, 0.29) is 11.9 Å². The molecule has 1 amide bonds. The average Bonchev–Trinajstić information content (AvgIpc) is 2.36. The van der Waals surface area contributed by atoms with Gasteiger partial charge in [-0.15, -0.1) is 0 Å². The number of carbonyl (C=O) groups is 1. The third-order valence-electron chi connectivity index (χ3n) is 2.94. The predicted molar refractivity (Wildman–Crippen MR) is 55.6 cm³/mol. The van der Waals surface area contributed by atoms with Crippen LogP contribution in [0.1, 0.15) is 25.7 Å². The zero-order chi connectivity index (χ0) is 9.97. The normalized spacial score (nSPS) is 26.9. The molecule has 0 aromatic rings. The second kappa shape index (κ2) is 3.96. The van der Waals surface area contributed by atoms with E-state index in [4.69, 9.17) is 0 Å². The molecule has 14 heavy (non-hydrogen) atoms. The minimum absolute atomic E-state index is 0.0333. The maximum absolute atomic E-state index is 11.7. The lowest BCUT2D eigenvalue weighted by Gasteiger charge is -2.13. The van der Waals surface area contributed by atoms with Gasteiger partial charge in [-0.3, -0.25) is 4.79 Å². The maximum atomic E-state index is 11.7. The van der Waals surface area contributed by atoms with Crippen LogP contribution in [0, 0.1) is 0 Å². The number of amides is 1. The summed E-state index contributed by atoms with van der Waals surface area (Å²) in [7, 11) is 1.84. The number of rotatable bonds is 1. The van der Waals surface area contributed by atoms with Crippen molar-refractivity contribution in [1.29, 1.82) is 0 Å². The summed E-state index contributed by atoms with van der Waals surface area (Å²) in [6.07, 6.45) is 8.31. The summed E-state index contributed by atoms with van der Waals surface area (Å²) in [6, 6.07) is -0.0333. The largest absolute Gasteiger partial charge is 0.325 e. The van der Waals surface area contributed by atoms with Gasteiger partial charge in [0.2, 0.25) is 5.91 Å². The van der Waals surface area contributed by atoms with Crippen molar-refractivity contribution in [2.75, 3.05) is 7.05 Å². The topological polar surface area (TPSA) is 41.1 Å². The number of hydrogen-bond donors (Lipinski definition) is 2. The van der Waals surface area contributed by atoms with Gasteiger partial charge in [0.15, 0.2) is 0 Å². The van der Waals surface area contributed by atoms with Crippen LogP contribution in [-0.2, 0) is 4.79 Å². The third kappa shape index (κ3) is 1.73. The van der Waals surface area contributed by atoms with Gasteiger partial charge in [-0.2, -0.15) is 0 Å². The smallest absolute Gasteiger partial charge is 0.241 e. The van der Waals surface area contributed by atoms with Crippen LogP contribution in [0.25, 0.3) is 0 Å². The Kier molecular flexibility index (Phi) is 2.68. The Hall–Kier alpha value is -1.09. The monoisotopic (exact) mass is 192 g/mol. The molecule has 1 atom stereocenters. The summed E-state index contributed by atoms with van der Waals surface area (Å²) in [5.41, 5.74) is 2.44. The SMILES string of the molecule is CNC1CCC2=C(C=CCC2)NC1=O. The highest BCUT2D eigenvalue weighted by atomic mass is 16.2. The average molecular weight is 192 g/mol. The number of allylic oxidation sites excluding steroid dienone is 3. The van der Waals surface area contributed by atoms with E-state index in [2.05, 4.69) is 16.7 Å². The fraction of sp³-hybridized carbons (Fsp3) is 0.545. The fourth-order valence-corrected chi connectivity index (χ4v) is 2.05. The van der Waals surface area contributed by atoms with E-state index in [0.717, 1.165) is 31.4 Å². The number of hydrogen-bond acceptors (Lipinski definition) is 2. The Morgan fingerprint density at radius 3 is 3.14 bits per heavy atom. The first-order valence-corrected chi connectivity index (χ1v) is 5.18. The molecular weight excluding hydrogens is 176 g/mol.